The molecule has 4 nitrogen and oxygen atoms in total. The summed E-state index contributed by atoms with van der Waals surface area (Å²) in [5, 5.41) is 5.78. The Hall–Kier alpha value is -1.72. The van der Waals surface area contributed by atoms with Gasteiger partial charge in [0.15, 0.2) is 0 Å². The minimum absolute atomic E-state index is 0.121. The van der Waals surface area contributed by atoms with Crippen molar-refractivity contribution in [3.8, 4) is 5.75 Å². The maximum absolute atomic E-state index is 12.6. The summed E-state index contributed by atoms with van der Waals surface area (Å²) >= 11 is 7.90. The van der Waals surface area contributed by atoms with Crippen LogP contribution in [0.4, 0.5) is 5.69 Å². The summed E-state index contributed by atoms with van der Waals surface area (Å²) in [6.45, 7) is 3.59. The van der Waals surface area contributed by atoms with Gasteiger partial charge in [-0.05, 0) is 49.4 Å². The topological polar surface area (TPSA) is 41.6 Å². The van der Waals surface area contributed by atoms with Gasteiger partial charge in [-0.3, -0.25) is 4.79 Å². The highest BCUT2D eigenvalue weighted by atomic mass is 35.5. The van der Waals surface area contributed by atoms with Crippen molar-refractivity contribution in [1.29, 1.82) is 0 Å². The van der Waals surface area contributed by atoms with Crippen LogP contribution in [0, 0.1) is 0 Å². The lowest BCUT2D eigenvalue weighted by atomic mass is 10.2. The molecule has 0 spiro atoms. The van der Waals surface area contributed by atoms with Gasteiger partial charge in [0, 0.05) is 17.1 Å². The number of nitrogens with zero attached hydrogens (tertiary/aromatic N) is 1. The van der Waals surface area contributed by atoms with Crippen LogP contribution in [-0.4, -0.2) is 30.5 Å². The van der Waals surface area contributed by atoms with E-state index < -0.39 is 0 Å². The normalized spacial score (nSPS) is 17.1. The van der Waals surface area contributed by atoms with Gasteiger partial charge in [0.05, 0.1) is 24.2 Å². The fraction of sp³-hybridized carbons (Fsp3) is 0.389. The Bertz CT molecular complexity index is 690. The Morgan fingerprint density at radius 1 is 1.46 bits per heavy atom. The molecule has 1 N–H and O–H groups in total. The summed E-state index contributed by atoms with van der Waals surface area (Å²) in [6, 6.07) is 9.87. The standard InChI is InChI=1S/C18H21ClN2O2S/c1-2-23-16-8-7-13(11-14(16)19)20-12-18(22)21-9-3-5-15(21)17-6-4-10-24-17/h4,6-8,10-11,15,20H,2-3,5,9,12H2,1H3. The van der Waals surface area contributed by atoms with Crippen molar-refractivity contribution in [2.75, 3.05) is 25.0 Å². The second-order valence-corrected chi connectivity index (χ2v) is 7.08. The third kappa shape index (κ3) is 3.84. The number of carbonyl (C=O) groups excluding carboxylic acids is 1. The molecule has 0 radical (unpaired) electrons. The van der Waals surface area contributed by atoms with Crippen LogP contribution in [0.25, 0.3) is 0 Å². The van der Waals surface area contributed by atoms with E-state index in [1.54, 1.807) is 17.4 Å². The molecule has 0 aliphatic carbocycles. The Labute approximate surface area is 151 Å². The van der Waals surface area contributed by atoms with Crippen LogP contribution in [0.2, 0.25) is 5.02 Å². The first-order valence-electron chi connectivity index (χ1n) is 8.18. The molecule has 1 aromatic carbocycles. The number of halogens is 1. The second kappa shape index (κ2) is 7.90. The lowest BCUT2D eigenvalue weighted by molar-refractivity contribution is -0.130. The van der Waals surface area contributed by atoms with Crippen molar-refractivity contribution < 1.29 is 9.53 Å². The molecule has 1 aromatic heterocycles. The quantitative estimate of drug-likeness (QED) is 0.815. The van der Waals surface area contributed by atoms with E-state index in [0.717, 1.165) is 25.1 Å². The van der Waals surface area contributed by atoms with Crippen LogP contribution in [0.15, 0.2) is 35.7 Å². The fourth-order valence-electron chi connectivity index (χ4n) is 3.00. The molecule has 1 saturated heterocycles. The monoisotopic (exact) mass is 364 g/mol. The number of hydrogen-bond donors (Lipinski definition) is 1. The molecular formula is C18H21ClN2O2S. The third-order valence-corrected chi connectivity index (χ3v) is 5.39. The van der Waals surface area contributed by atoms with E-state index in [0.29, 0.717) is 17.4 Å². The van der Waals surface area contributed by atoms with Crippen LogP contribution in [0.1, 0.15) is 30.7 Å². The average molecular weight is 365 g/mol. The molecule has 2 aromatic rings. The van der Waals surface area contributed by atoms with Gasteiger partial charge in [-0.15, -0.1) is 11.3 Å². The molecule has 3 rings (SSSR count). The lowest BCUT2D eigenvalue weighted by Crippen LogP contribution is -2.34. The number of carbonyl (C=O) groups is 1. The van der Waals surface area contributed by atoms with E-state index in [1.165, 1.54) is 4.88 Å². The van der Waals surface area contributed by atoms with Crippen molar-refractivity contribution in [3.63, 3.8) is 0 Å². The van der Waals surface area contributed by atoms with E-state index in [1.807, 2.05) is 30.0 Å². The molecule has 2 heterocycles. The van der Waals surface area contributed by atoms with Gasteiger partial charge in [-0.25, -0.2) is 0 Å². The van der Waals surface area contributed by atoms with Gasteiger partial charge in [-0.1, -0.05) is 17.7 Å². The first-order valence-corrected chi connectivity index (χ1v) is 9.44. The number of nitrogens with one attached hydrogen (secondary N) is 1. The Balaban J connectivity index is 1.60. The van der Waals surface area contributed by atoms with Gasteiger partial charge in [0.25, 0.3) is 0 Å². The molecule has 1 atom stereocenters. The summed E-state index contributed by atoms with van der Waals surface area (Å²) < 4.78 is 5.42. The van der Waals surface area contributed by atoms with Crippen molar-refractivity contribution in [1.82, 2.24) is 4.90 Å². The minimum atomic E-state index is 0.121. The van der Waals surface area contributed by atoms with Crippen molar-refractivity contribution in [2.24, 2.45) is 0 Å². The lowest BCUT2D eigenvalue weighted by Gasteiger charge is -2.24. The zero-order valence-corrected chi connectivity index (χ0v) is 15.2. The van der Waals surface area contributed by atoms with E-state index in [4.69, 9.17) is 16.3 Å². The second-order valence-electron chi connectivity index (χ2n) is 5.69. The molecule has 1 fully saturated rings. The zero-order valence-electron chi connectivity index (χ0n) is 13.6. The first kappa shape index (κ1) is 17.1. The van der Waals surface area contributed by atoms with Crippen molar-refractivity contribution in [2.45, 2.75) is 25.8 Å². The highest BCUT2D eigenvalue weighted by Crippen LogP contribution is 2.34. The summed E-state index contributed by atoms with van der Waals surface area (Å²) in [4.78, 5) is 15.8. The predicted molar refractivity (Wildman–Crippen MR) is 99.1 cm³/mol. The minimum Gasteiger partial charge on any atom is -0.492 e. The molecule has 6 heteroatoms. The zero-order chi connectivity index (χ0) is 16.9. The van der Waals surface area contributed by atoms with Crippen LogP contribution < -0.4 is 10.1 Å². The largest absolute Gasteiger partial charge is 0.492 e. The summed E-state index contributed by atoms with van der Waals surface area (Å²) in [5.74, 6) is 0.782. The van der Waals surface area contributed by atoms with Crippen LogP contribution >= 0.6 is 22.9 Å². The summed E-state index contributed by atoms with van der Waals surface area (Å²) in [5.41, 5.74) is 0.823. The summed E-state index contributed by atoms with van der Waals surface area (Å²) in [6.07, 6.45) is 2.10. The molecule has 1 aliphatic heterocycles. The van der Waals surface area contributed by atoms with Gasteiger partial charge >= 0.3 is 0 Å². The van der Waals surface area contributed by atoms with Crippen molar-refractivity contribution in [3.05, 3.63) is 45.6 Å². The van der Waals surface area contributed by atoms with Gasteiger partial charge in [0.1, 0.15) is 5.75 Å². The Morgan fingerprint density at radius 3 is 3.04 bits per heavy atom. The smallest absolute Gasteiger partial charge is 0.242 e. The highest BCUT2D eigenvalue weighted by Gasteiger charge is 2.30. The Kier molecular flexibility index (Phi) is 5.63. The number of benzene rings is 1. The van der Waals surface area contributed by atoms with Crippen LogP contribution in [0.3, 0.4) is 0 Å². The van der Waals surface area contributed by atoms with E-state index in [9.17, 15) is 4.79 Å². The molecule has 1 aliphatic rings. The third-order valence-electron chi connectivity index (χ3n) is 4.12. The number of ether oxygens (including phenoxy) is 1. The van der Waals surface area contributed by atoms with Crippen LogP contribution in [-0.2, 0) is 4.79 Å². The number of amides is 1. The number of likely N-dealkylation sites (tertiary alicyclic amines) is 1. The first-order chi connectivity index (χ1) is 11.7. The SMILES string of the molecule is CCOc1ccc(NCC(=O)N2CCCC2c2cccs2)cc1Cl. The average Bonchev–Trinajstić information content (AvgIpc) is 3.25. The molecule has 128 valence electrons. The molecule has 0 bridgehead atoms. The number of anilines is 1. The highest BCUT2D eigenvalue weighted by molar-refractivity contribution is 7.10. The van der Waals surface area contributed by atoms with Gasteiger partial charge in [0.2, 0.25) is 5.91 Å². The molecule has 0 saturated carbocycles. The van der Waals surface area contributed by atoms with Gasteiger partial charge < -0.3 is 15.0 Å². The van der Waals surface area contributed by atoms with Crippen molar-refractivity contribution >= 4 is 34.5 Å². The number of thiophene rings is 1. The van der Waals surface area contributed by atoms with E-state index in [-0.39, 0.29) is 18.5 Å². The summed E-state index contributed by atoms with van der Waals surface area (Å²) in [7, 11) is 0. The maximum atomic E-state index is 12.6. The fourth-order valence-corrected chi connectivity index (χ4v) is 4.11. The molecule has 1 unspecified atom stereocenters. The maximum Gasteiger partial charge on any atom is 0.242 e. The molecule has 24 heavy (non-hydrogen) atoms. The Morgan fingerprint density at radius 2 is 2.33 bits per heavy atom. The number of hydrogen-bond acceptors (Lipinski definition) is 4. The predicted octanol–water partition coefficient (Wildman–Crippen LogP) is 4.58. The van der Waals surface area contributed by atoms with E-state index in [2.05, 4.69) is 16.8 Å². The van der Waals surface area contributed by atoms with Crippen LogP contribution in [0.5, 0.6) is 5.75 Å². The molecule has 1 amide bonds. The number of rotatable bonds is 6. The molecular weight excluding hydrogens is 344 g/mol. The van der Waals surface area contributed by atoms with E-state index >= 15 is 0 Å². The van der Waals surface area contributed by atoms with Gasteiger partial charge in [-0.2, -0.15) is 0 Å².